The summed E-state index contributed by atoms with van der Waals surface area (Å²) >= 11 is 1.06. The van der Waals surface area contributed by atoms with Crippen molar-refractivity contribution >= 4 is 47.0 Å². The van der Waals surface area contributed by atoms with Crippen LogP contribution < -0.4 is 21.5 Å². The minimum absolute atomic E-state index is 0.0255. The van der Waals surface area contributed by atoms with Crippen LogP contribution in [0.25, 0.3) is 0 Å². The quantitative estimate of drug-likeness (QED) is 0.0441. The van der Waals surface area contributed by atoms with E-state index < -0.39 is 72.7 Å². The van der Waals surface area contributed by atoms with Crippen molar-refractivity contribution in [3.63, 3.8) is 0 Å². The van der Waals surface area contributed by atoms with Gasteiger partial charge in [0.15, 0.2) is 6.73 Å². The van der Waals surface area contributed by atoms with E-state index in [2.05, 4.69) is 26.5 Å². The van der Waals surface area contributed by atoms with E-state index >= 15 is 0 Å². The van der Waals surface area contributed by atoms with Gasteiger partial charge in [-0.3, -0.25) is 34.3 Å². The fraction of sp³-hybridized carbons (Fsp3) is 0.605. The molecule has 61 heavy (non-hydrogen) atoms. The largest absolute Gasteiger partial charge is 0.508 e. The van der Waals surface area contributed by atoms with Crippen molar-refractivity contribution in [1.29, 1.82) is 0 Å². The number of aliphatic hydroxyl groups is 1. The van der Waals surface area contributed by atoms with Crippen LogP contribution in [0.15, 0.2) is 41.3 Å². The van der Waals surface area contributed by atoms with E-state index in [0.717, 1.165) is 36.3 Å². The number of allylic oxidation sites excluding steroid dienone is 1. The number of thiazole rings is 1. The Balaban J connectivity index is 1.84. The number of likely N-dealkylation sites (tertiary alicyclic amines) is 1. The van der Waals surface area contributed by atoms with Gasteiger partial charge in [0.05, 0.1) is 12.6 Å². The maximum atomic E-state index is 14.6. The van der Waals surface area contributed by atoms with E-state index in [9.17, 15) is 39.0 Å². The zero-order valence-corrected chi connectivity index (χ0v) is 37.5. The standard InChI is InChI=1S/C43H65N7O10S/c1-9-14-36(53)60-25-50(42(57)37(27(6)10-2)46-40(56)33-15-12-13-20-49(33)8)34(26(4)5)23-35(52)41-45-32(24-61-41)39(55)44-30(22-29-16-18-31(51)19-17-29)21-28(7)38(54)47-48-43(58)59-11-3/h10,16-19,24,26,28,30,33-35,37,51-52H,9,11-15,20-23,25H2,1-8H3,(H,44,55)(H,46,56)(H,47,54)(H,48,58)/b27-10+/t28-,30+,33+,34+,35+,37-/m0/s1. The van der Waals surface area contributed by atoms with Gasteiger partial charge < -0.3 is 35.2 Å². The predicted octanol–water partition coefficient (Wildman–Crippen LogP) is 4.51. The first kappa shape index (κ1) is 50.3. The number of aliphatic hydroxyl groups excluding tert-OH is 1. The number of aromatic hydroxyl groups is 1. The number of amides is 5. The molecular weight excluding hydrogens is 807 g/mol. The summed E-state index contributed by atoms with van der Waals surface area (Å²) in [6, 6.07) is 3.71. The second-order valence-corrected chi connectivity index (χ2v) is 16.7. The number of carbonyl (C=O) groups is 6. The minimum Gasteiger partial charge on any atom is -0.508 e. The first-order valence-electron chi connectivity index (χ1n) is 21.0. The number of carbonyl (C=O) groups excluding carboxylic acids is 6. The molecule has 0 spiro atoms. The Kier molecular flexibility index (Phi) is 20.6. The first-order chi connectivity index (χ1) is 29.0. The topological polar surface area (TPSA) is 229 Å². The Hall–Kier alpha value is -5.07. The smallest absolute Gasteiger partial charge is 0.426 e. The number of nitrogens with one attached hydrogen (secondary N) is 4. The Morgan fingerprint density at radius 2 is 1.72 bits per heavy atom. The number of phenols is 1. The Morgan fingerprint density at radius 3 is 2.34 bits per heavy atom. The number of ether oxygens (including phenoxy) is 2. The second-order valence-electron chi connectivity index (χ2n) is 15.8. The van der Waals surface area contributed by atoms with E-state index in [1.54, 1.807) is 45.9 Å². The maximum Gasteiger partial charge on any atom is 0.426 e. The van der Waals surface area contributed by atoms with Crippen molar-refractivity contribution in [1.82, 2.24) is 36.3 Å². The molecule has 1 aliphatic heterocycles. The van der Waals surface area contributed by atoms with Gasteiger partial charge in [-0.15, -0.1) is 11.3 Å². The molecule has 1 aromatic carbocycles. The normalized spacial score (nSPS) is 17.0. The number of hydrazine groups is 1. The zero-order valence-electron chi connectivity index (χ0n) is 36.7. The van der Waals surface area contributed by atoms with Crippen molar-refractivity contribution in [2.75, 3.05) is 26.9 Å². The summed E-state index contributed by atoms with van der Waals surface area (Å²) in [7, 11) is 1.89. The van der Waals surface area contributed by atoms with Crippen LogP contribution in [-0.4, -0.2) is 112 Å². The number of piperidine rings is 1. The Morgan fingerprint density at radius 1 is 1.02 bits per heavy atom. The van der Waals surface area contributed by atoms with Gasteiger partial charge in [0.2, 0.25) is 11.8 Å². The van der Waals surface area contributed by atoms with Crippen molar-refractivity contribution in [3.8, 4) is 5.75 Å². The molecule has 0 unspecified atom stereocenters. The molecule has 18 heteroatoms. The van der Waals surface area contributed by atoms with Crippen LogP contribution in [0.5, 0.6) is 5.75 Å². The molecule has 0 aliphatic carbocycles. The molecule has 1 aliphatic rings. The van der Waals surface area contributed by atoms with Crippen molar-refractivity contribution in [3.05, 3.63) is 57.6 Å². The average Bonchev–Trinajstić information content (AvgIpc) is 3.73. The summed E-state index contributed by atoms with van der Waals surface area (Å²) in [6.07, 6.45) is 3.37. The molecule has 0 radical (unpaired) electrons. The number of phenolic OH excluding ortho intramolecular Hbond substituents is 1. The predicted molar refractivity (Wildman–Crippen MR) is 230 cm³/mol. The van der Waals surface area contributed by atoms with Crippen LogP contribution in [0.1, 0.15) is 121 Å². The molecule has 1 fully saturated rings. The lowest BCUT2D eigenvalue weighted by molar-refractivity contribution is -0.158. The molecule has 2 aromatic rings. The van der Waals surface area contributed by atoms with Crippen LogP contribution in [0, 0.1) is 11.8 Å². The number of nitrogens with zero attached hydrogens (tertiary/aromatic N) is 3. The highest BCUT2D eigenvalue weighted by atomic mass is 32.1. The number of likely N-dealkylation sites (N-methyl/N-ethyl adjacent to an activating group) is 1. The van der Waals surface area contributed by atoms with Crippen LogP contribution in [0.3, 0.4) is 0 Å². The maximum absolute atomic E-state index is 14.6. The summed E-state index contributed by atoms with van der Waals surface area (Å²) in [4.78, 5) is 86.9. The van der Waals surface area contributed by atoms with Gasteiger partial charge in [-0.2, -0.15) is 0 Å². The number of rotatable bonds is 21. The van der Waals surface area contributed by atoms with E-state index in [0.29, 0.717) is 24.8 Å². The SMILES string of the molecule is C/C=C(\C)[C@H](NC(=O)[C@H]1CCCCN1C)C(=O)N(COC(=O)CCC)[C@H](C[C@@H](O)c1nc(C(=O)N[C@@H](Cc2ccc(O)cc2)C[C@H](C)C(=O)NNC(=O)OCC)cs1)C(C)C. The molecule has 2 heterocycles. The fourth-order valence-corrected chi connectivity index (χ4v) is 7.82. The molecule has 338 valence electrons. The van der Waals surface area contributed by atoms with Gasteiger partial charge in [-0.1, -0.05) is 52.3 Å². The summed E-state index contributed by atoms with van der Waals surface area (Å²) in [5.41, 5.74) is 5.91. The van der Waals surface area contributed by atoms with Crippen molar-refractivity contribution in [2.45, 2.75) is 130 Å². The molecule has 1 aromatic heterocycles. The van der Waals surface area contributed by atoms with E-state index in [1.165, 1.54) is 22.4 Å². The molecule has 6 atom stereocenters. The van der Waals surface area contributed by atoms with Gasteiger partial charge in [-0.05, 0) is 95.7 Å². The lowest BCUT2D eigenvalue weighted by Crippen LogP contribution is -2.57. The van der Waals surface area contributed by atoms with Crippen molar-refractivity contribution in [2.24, 2.45) is 11.8 Å². The molecule has 5 amide bonds. The highest BCUT2D eigenvalue weighted by molar-refractivity contribution is 7.09. The molecule has 1 saturated heterocycles. The van der Waals surface area contributed by atoms with Crippen LogP contribution in [0.4, 0.5) is 4.79 Å². The van der Waals surface area contributed by atoms with Crippen molar-refractivity contribution < 1.29 is 48.5 Å². The van der Waals surface area contributed by atoms with E-state index in [4.69, 9.17) is 9.47 Å². The highest BCUT2D eigenvalue weighted by Crippen LogP contribution is 2.29. The lowest BCUT2D eigenvalue weighted by atomic mass is 9.94. The summed E-state index contributed by atoms with van der Waals surface area (Å²) < 4.78 is 10.4. The number of hydrogen-bond donors (Lipinski definition) is 6. The molecule has 0 saturated carbocycles. The number of esters is 1. The minimum atomic E-state index is -1.24. The van der Waals surface area contributed by atoms with Gasteiger partial charge in [0.25, 0.3) is 11.8 Å². The lowest BCUT2D eigenvalue weighted by Gasteiger charge is -2.38. The molecular formula is C43H65N7O10S. The van der Waals surface area contributed by atoms with Gasteiger partial charge >= 0.3 is 12.1 Å². The molecule has 0 bridgehead atoms. The highest BCUT2D eigenvalue weighted by Gasteiger charge is 2.37. The van der Waals surface area contributed by atoms with Crippen LogP contribution >= 0.6 is 11.3 Å². The second kappa shape index (κ2) is 25.0. The number of hydrogen-bond acceptors (Lipinski definition) is 13. The third-order valence-electron chi connectivity index (χ3n) is 10.7. The van der Waals surface area contributed by atoms with Crippen LogP contribution in [-0.2, 0) is 35.1 Å². The van der Waals surface area contributed by atoms with Gasteiger partial charge in [-0.25, -0.2) is 15.2 Å². The summed E-state index contributed by atoms with van der Waals surface area (Å²) in [5, 5.41) is 29.1. The molecule has 6 N–H and O–H groups in total. The fourth-order valence-electron chi connectivity index (χ4n) is 7.03. The third-order valence-corrected chi connectivity index (χ3v) is 11.6. The van der Waals surface area contributed by atoms with E-state index in [-0.39, 0.29) is 54.1 Å². The molecule has 17 nitrogen and oxygen atoms in total. The third kappa shape index (κ3) is 15.7. The van der Waals surface area contributed by atoms with E-state index in [1.807, 2.05) is 32.7 Å². The monoisotopic (exact) mass is 871 g/mol. The Labute approximate surface area is 363 Å². The zero-order chi connectivity index (χ0) is 45.2. The van der Waals surface area contributed by atoms with Gasteiger partial charge in [0, 0.05) is 36.2 Å². The number of aromatic nitrogens is 1. The summed E-state index contributed by atoms with van der Waals surface area (Å²) in [5.74, 6) is -3.17. The molecule has 3 rings (SSSR count). The van der Waals surface area contributed by atoms with Crippen LogP contribution in [0.2, 0.25) is 0 Å². The number of benzene rings is 1. The average molecular weight is 872 g/mol. The summed E-state index contributed by atoms with van der Waals surface area (Å²) in [6.45, 7) is 12.9. The van der Waals surface area contributed by atoms with Gasteiger partial charge in [0.1, 0.15) is 28.6 Å². The Bertz CT molecular complexity index is 1800. The first-order valence-corrected chi connectivity index (χ1v) is 21.9.